The summed E-state index contributed by atoms with van der Waals surface area (Å²) in [6.07, 6.45) is -0.290. The molecule has 0 amide bonds. The first-order chi connectivity index (χ1) is 11.9. The molecule has 8 heteroatoms. The first-order valence-corrected chi connectivity index (χ1v) is 8.99. The zero-order valence-electron chi connectivity index (χ0n) is 13.9. The van der Waals surface area contributed by atoms with Crippen molar-refractivity contribution in [1.82, 2.24) is 0 Å². The van der Waals surface area contributed by atoms with Crippen LogP contribution < -0.4 is 14.2 Å². The molecular weight excluding hydrogens is 346 g/mol. The Morgan fingerprint density at radius 1 is 1.16 bits per heavy atom. The standard InChI is InChI=1S/C17H19NO6S/c1-3-24-14-7-5-4-6-13(14)18-25(21,22)16-10-12(11-17(19)20)8-9-15(16)23-2/h4-10,18H,3,11H2,1-2H3,(H,19,20). The Kier molecular flexibility index (Phi) is 5.87. The molecule has 0 aliphatic carbocycles. The minimum atomic E-state index is -4.00. The van der Waals surface area contributed by atoms with E-state index < -0.39 is 16.0 Å². The van der Waals surface area contributed by atoms with Gasteiger partial charge in [0.1, 0.15) is 16.4 Å². The summed E-state index contributed by atoms with van der Waals surface area (Å²) in [6, 6.07) is 10.9. The summed E-state index contributed by atoms with van der Waals surface area (Å²) in [4.78, 5) is 10.7. The van der Waals surface area contributed by atoms with Crippen molar-refractivity contribution in [2.24, 2.45) is 0 Å². The fourth-order valence-electron chi connectivity index (χ4n) is 2.25. The second-order valence-electron chi connectivity index (χ2n) is 5.09. The molecule has 0 saturated heterocycles. The Hall–Kier alpha value is -2.74. The van der Waals surface area contributed by atoms with Crippen LogP contribution in [-0.2, 0) is 21.2 Å². The van der Waals surface area contributed by atoms with Crippen molar-refractivity contribution in [3.8, 4) is 11.5 Å². The minimum Gasteiger partial charge on any atom is -0.495 e. The summed E-state index contributed by atoms with van der Waals surface area (Å²) in [6.45, 7) is 2.18. The van der Waals surface area contributed by atoms with Crippen molar-refractivity contribution >= 4 is 21.7 Å². The highest BCUT2D eigenvalue weighted by atomic mass is 32.2. The van der Waals surface area contributed by atoms with E-state index in [0.29, 0.717) is 17.9 Å². The van der Waals surface area contributed by atoms with Crippen LogP contribution in [0.25, 0.3) is 0 Å². The van der Waals surface area contributed by atoms with Crippen LogP contribution in [-0.4, -0.2) is 33.2 Å². The highest BCUT2D eigenvalue weighted by Crippen LogP contribution is 2.30. The molecule has 2 aromatic carbocycles. The fourth-order valence-corrected chi connectivity index (χ4v) is 3.54. The molecular formula is C17H19NO6S. The summed E-state index contributed by atoms with van der Waals surface area (Å²) < 4.78 is 38.6. The monoisotopic (exact) mass is 365 g/mol. The van der Waals surface area contributed by atoms with Gasteiger partial charge in [-0.15, -0.1) is 0 Å². The van der Waals surface area contributed by atoms with E-state index in [-0.39, 0.29) is 22.8 Å². The van der Waals surface area contributed by atoms with Crippen molar-refractivity contribution in [3.05, 3.63) is 48.0 Å². The highest BCUT2D eigenvalue weighted by molar-refractivity contribution is 7.92. The number of sulfonamides is 1. The summed E-state index contributed by atoms with van der Waals surface area (Å²) in [5, 5.41) is 8.90. The lowest BCUT2D eigenvalue weighted by Gasteiger charge is -2.15. The molecule has 0 aromatic heterocycles. The van der Waals surface area contributed by atoms with Gasteiger partial charge in [0.15, 0.2) is 0 Å². The SMILES string of the molecule is CCOc1ccccc1NS(=O)(=O)c1cc(CC(=O)O)ccc1OC. The molecule has 0 spiro atoms. The first kappa shape index (κ1) is 18.6. The van der Waals surface area contributed by atoms with Crippen molar-refractivity contribution in [2.75, 3.05) is 18.4 Å². The third kappa shape index (κ3) is 4.63. The lowest BCUT2D eigenvalue weighted by atomic mass is 10.1. The Morgan fingerprint density at radius 3 is 2.52 bits per heavy atom. The number of hydrogen-bond donors (Lipinski definition) is 2. The van der Waals surface area contributed by atoms with Gasteiger partial charge in [0.25, 0.3) is 10.0 Å². The molecule has 0 aliphatic heterocycles. The predicted molar refractivity (Wildman–Crippen MR) is 92.8 cm³/mol. The number of anilines is 1. The zero-order chi connectivity index (χ0) is 18.4. The summed E-state index contributed by atoms with van der Waals surface area (Å²) >= 11 is 0. The van der Waals surface area contributed by atoms with Gasteiger partial charge in [-0.05, 0) is 36.8 Å². The highest BCUT2D eigenvalue weighted by Gasteiger charge is 2.22. The number of para-hydroxylation sites is 2. The van der Waals surface area contributed by atoms with E-state index in [9.17, 15) is 13.2 Å². The lowest BCUT2D eigenvalue weighted by molar-refractivity contribution is -0.136. The van der Waals surface area contributed by atoms with Gasteiger partial charge in [0, 0.05) is 0 Å². The predicted octanol–water partition coefficient (Wildman–Crippen LogP) is 2.52. The molecule has 134 valence electrons. The van der Waals surface area contributed by atoms with E-state index in [1.165, 1.54) is 25.3 Å². The van der Waals surface area contributed by atoms with Crippen LogP contribution in [0, 0.1) is 0 Å². The number of carbonyl (C=O) groups is 1. The first-order valence-electron chi connectivity index (χ1n) is 7.50. The van der Waals surface area contributed by atoms with Crippen molar-refractivity contribution < 1.29 is 27.8 Å². The van der Waals surface area contributed by atoms with Crippen LogP contribution in [0.2, 0.25) is 0 Å². The van der Waals surface area contributed by atoms with Crippen molar-refractivity contribution in [1.29, 1.82) is 0 Å². The van der Waals surface area contributed by atoms with Gasteiger partial charge in [-0.3, -0.25) is 9.52 Å². The summed E-state index contributed by atoms with van der Waals surface area (Å²) in [5.41, 5.74) is 0.641. The van der Waals surface area contributed by atoms with E-state index in [2.05, 4.69) is 4.72 Å². The number of ether oxygens (including phenoxy) is 2. The van der Waals surface area contributed by atoms with E-state index in [4.69, 9.17) is 14.6 Å². The van der Waals surface area contributed by atoms with Gasteiger partial charge < -0.3 is 14.6 Å². The van der Waals surface area contributed by atoms with E-state index in [0.717, 1.165) is 0 Å². The Bertz CT molecular complexity index is 863. The Balaban J connectivity index is 2.43. The molecule has 2 aromatic rings. The molecule has 2 N–H and O–H groups in total. The van der Waals surface area contributed by atoms with Gasteiger partial charge in [0.05, 0.1) is 25.8 Å². The summed E-state index contributed by atoms with van der Waals surface area (Å²) in [7, 11) is -2.66. The molecule has 0 radical (unpaired) electrons. The van der Waals surface area contributed by atoms with Crippen LogP contribution in [0.5, 0.6) is 11.5 Å². The van der Waals surface area contributed by atoms with E-state index >= 15 is 0 Å². The van der Waals surface area contributed by atoms with E-state index in [1.807, 2.05) is 0 Å². The van der Waals surface area contributed by atoms with Crippen molar-refractivity contribution in [2.45, 2.75) is 18.2 Å². The number of methoxy groups -OCH3 is 1. The number of benzene rings is 2. The normalized spacial score (nSPS) is 11.0. The molecule has 0 unspecified atom stereocenters. The van der Waals surface area contributed by atoms with Crippen LogP contribution >= 0.6 is 0 Å². The van der Waals surface area contributed by atoms with Gasteiger partial charge in [-0.1, -0.05) is 18.2 Å². The van der Waals surface area contributed by atoms with Crippen LogP contribution in [0.1, 0.15) is 12.5 Å². The smallest absolute Gasteiger partial charge is 0.307 e. The number of carboxylic acid groups (broad SMARTS) is 1. The topological polar surface area (TPSA) is 102 Å². The van der Waals surface area contributed by atoms with Gasteiger partial charge in [-0.25, -0.2) is 8.42 Å². The van der Waals surface area contributed by atoms with Crippen LogP contribution in [0.3, 0.4) is 0 Å². The molecule has 0 saturated carbocycles. The average molecular weight is 365 g/mol. The number of aliphatic carboxylic acids is 1. The second-order valence-corrected chi connectivity index (χ2v) is 6.74. The van der Waals surface area contributed by atoms with E-state index in [1.54, 1.807) is 31.2 Å². The Morgan fingerprint density at radius 2 is 1.88 bits per heavy atom. The second kappa shape index (κ2) is 7.89. The molecule has 7 nitrogen and oxygen atoms in total. The average Bonchev–Trinajstić information content (AvgIpc) is 2.56. The Labute approximate surface area is 146 Å². The maximum absolute atomic E-state index is 12.8. The third-order valence-electron chi connectivity index (χ3n) is 3.30. The zero-order valence-corrected chi connectivity index (χ0v) is 14.7. The molecule has 25 heavy (non-hydrogen) atoms. The molecule has 0 atom stereocenters. The quantitative estimate of drug-likeness (QED) is 0.745. The molecule has 0 aliphatic rings. The maximum atomic E-state index is 12.8. The number of nitrogens with one attached hydrogen (secondary N) is 1. The lowest BCUT2D eigenvalue weighted by Crippen LogP contribution is -2.15. The number of hydrogen-bond acceptors (Lipinski definition) is 5. The molecule has 0 bridgehead atoms. The van der Waals surface area contributed by atoms with Gasteiger partial charge >= 0.3 is 5.97 Å². The van der Waals surface area contributed by atoms with Crippen LogP contribution in [0.4, 0.5) is 5.69 Å². The number of rotatable bonds is 8. The molecule has 0 fully saturated rings. The largest absolute Gasteiger partial charge is 0.495 e. The summed E-state index contributed by atoms with van der Waals surface area (Å²) in [5.74, 6) is -0.534. The molecule has 2 rings (SSSR count). The van der Waals surface area contributed by atoms with Crippen molar-refractivity contribution in [3.63, 3.8) is 0 Å². The molecule has 0 heterocycles. The van der Waals surface area contributed by atoms with Gasteiger partial charge in [0.2, 0.25) is 0 Å². The maximum Gasteiger partial charge on any atom is 0.307 e. The third-order valence-corrected chi connectivity index (χ3v) is 4.69. The van der Waals surface area contributed by atoms with Crippen LogP contribution in [0.15, 0.2) is 47.4 Å². The fraction of sp³-hybridized carbons (Fsp3) is 0.235. The number of carboxylic acids is 1. The van der Waals surface area contributed by atoms with Gasteiger partial charge in [-0.2, -0.15) is 0 Å². The minimum absolute atomic E-state index is 0.121.